The molecule has 1 aliphatic heterocycles. The minimum atomic E-state index is -0.667. The summed E-state index contributed by atoms with van der Waals surface area (Å²) in [4.78, 5) is 17.7. The van der Waals surface area contributed by atoms with Gasteiger partial charge in [-0.05, 0) is 26.3 Å². The van der Waals surface area contributed by atoms with E-state index in [9.17, 15) is 9.90 Å². The van der Waals surface area contributed by atoms with Crippen molar-refractivity contribution >= 4 is 22.4 Å². The summed E-state index contributed by atoms with van der Waals surface area (Å²) < 4.78 is 0. The van der Waals surface area contributed by atoms with Crippen LogP contribution in [0.25, 0.3) is 0 Å². The van der Waals surface area contributed by atoms with Crippen LogP contribution < -0.4 is 5.32 Å². The van der Waals surface area contributed by atoms with Crippen molar-refractivity contribution in [2.75, 3.05) is 25.0 Å². The molecule has 1 aliphatic rings. The summed E-state index contributed by atoms with van der Waals surface area (Å²) in [5, 5.41) is 15.1. The van der Waals surface area contributed by atoms with Gasteiger partial charge in [-0.25, -0.2) is 4.98 Å². The molecule has 0 aliphatic carbocycles. The monoisotopic (exact) mass is 255 g/mol. The molecule has 1 aromatic rings. The Morgan fingerprint density at radius 1 is 1.76 bits per heavy atom. The lowest BCUT2D eigenvalue weighted by Crippen LogP contribution is -2.48. The topological polar surface area (TPSA) is 65.5 Å². The van der Waals surface area contributed by atoms with Crippen molar-refractivity contribution < 1.29 is 9.90 Å². The lowest BCUT2D eigenvalue weighted by molar-refractivity contribution is -0.118. The Hall–Kier alpha value is -0.980. The first-order valence-corrected chi connectivity index (χ1v) is 6.57. The summed E-state index contributed by atoms with van der Waals surface area (Å²) in [6.07, 6.45) is 3.39. The molecule has 0 spiro atoms. The fraction of sp³-hybridized carbons (Fsp3) is 0.636. The van der Waals surface area contributed by atoms with E-state index >= 15 is 0 Å². The molecule has 0 saturated carbocycles. The predicted octanol–water partition coefficient (Wildman–Crippen LogP) is 0.928. The molecular weight excluding hydrogens is 238 g/mol. The van der Waals surface area contributed by atoms with Crippen molar-refractivity contribution in [3.05, 3.63) is 11.6 Å². The van der Waals surface area contributed by atoms with Gasteiger partial charge >= 0.3 is 0 Å². The van der Waals surface area contributed by atoms with Gasteiger partial charge in [0.15, 0.2) is 5.13 Å². The summed E-state index contributed by atoms with van der Waals surface area (Å²) >= 11 is 1.40. The third-order valence-electron chi connectivity index (χ3n) is 2.80. The van der Waals surface area contributed by atoms with Crippen LogP contribution in [0.15, 0.2) is 11.6 Å². The SMILES string of the molecule is CC1(O)CCCN(CC(=O)Nc2nccs2)C1. The number of aromatic nitrogens is 1. The molecule has 1 unspecified atom stereocenters. The second-order valence-corrected chi connectivity index (χ2v) is 5.59. The average molecular weight is 255 g/mol. The third kappa shape index (κ3) is 3.76. The molecule has 6 heteroatoms. The summed E-state index contributed by atoms with van der Waals surface area (Å²) in [5.41, 5.74) is -0.667. The normalized spacial score (nSPS) is 25.8. The van der Waals surface area contributed by atoms with Gasteiger partial charge in [-0.15, -0.1) is 11.3 Å². The Kier molecular flexibility index (Phi) is 3.76. The minimum Gasteiger partial charge on any atom is -0.389 e. The van der Waals surface area contributed by atoms with Gasteiger partial charge in [0.2, 0.25) is 5.91 Å². The van der Waals surface area contributed by atoms with E-state index in [1.807, 2.05) is 17.2 Å². The van der Waals surface area contributed by atoms with Gasteiger partial charge in [-0.1, -0.05) is 0 Å². The second kappa shape index (κ2) is 5.12. The van der Waals surface area contributed by atoms with Crippen molar-refractivity contribution in [1.82, 2.24) is 9.88 Å². The number of thiazole rings is 1. The molecule has 1 amide bonds. The number of piperidine rings is 1. The van der Waals surface area contributed by atoms with Crippen LogP contribution in [0, 0.1) is 0 Å². The van der Waals surface area contributed by atoms with Crippen LogP contribution in [0.3, 0.4) is 0 Å². The van der Waals surface area contributed by atoms with E-state index in [1.54, 1.807) is 6.20 Å². The summed E-state index contributed by atoms with van der Waals surface area (Å²) in [6.45, 7) is 3.55. The molecule has 0 aromatic carbocycles. The number of aliphatic hydroxyl groups is 1. The van der Waals surface area contributed by atoms with Gasteiger partial charge in [0.05, 0.1) is 12.1 Å². The molecule has 1 atom stereocenters. The number of hydrogen-bond acceptors (Lipinski definition) is 5. The van der Waals surface area contributed by atoms with Gasteiger partial charge in [0.1, 0.15) is 0 Å². The first-order chi connectivity index (χ1) is 8.05. The van der Waals surface area contributed by atoms with Crippen molar-refractivity contribution in [1.29, 1.82) is 0 Å². The van der Waals surface area contributed by atoms with Gasteiger partial charge in [0.25, 0.3) is 0 Å². The minimum absolute atomic E-state index is 0.0716. The van der Waals surface area contributed by atoms with E-state index in [0.29, 0.717) is 18.2 Å². The molecule has 2 heterocycles. The molecule has 5 nitrogen and oxygen atoms in total. The maximum absolute atomic E-state index is 11.7. The molecule has 1 aromatic heterocycles. The van der Waals surface area contributed by atoms with Gasteiger partial charge in [-0.3, -0.25) is 9.69 Å². The van der Waals surface area contributed by atoms with Crippen molar-refractivity contribution in [2.24, 2.45) is 0 Å². The quantitative estimate of drug-likeness (QED) is 0.843. The number of hydrogen-bond donors (Lipinski definition) is 2. The highest BCUT2D eigenvalue weighted by atomic mass is 32.1. The zero-order valence-corrected chi connectivity index (χ0v) is 10.7. The van der Waals surface area contributed by atoms with E-state index in [0.717, 1.165) is 19.4 Å². The Bertz CT molecular complexity index is 378. The van der Waals surface area contributed by atoms with E-state index in [4.69, 9.17) is 0 Å². The molecule has 17 heavy (non-hydrogen) atoms. The lowest BCUT2D eigenvalue weighted by Gasteiger charge is -2.36. The maximum atomic E-state index is 11.7. The molecule has 2 N–H and O–H groups in total. The van der Waals surface area contributed by atoms with Crippen LogP contribution in [0.5, 0.6) is 0 Å². The number of nitrogens with one attached hydrogen (secondary N) is 1. The number of anilines is 1. The van der Waals surface area contributed by atoms with Crippen LogP contribution in [-0.4, -0.2) is 46.1 Å². The van der Waals surface area contributed by atoms with Gasteiger partial charge in [-0.2, -0.15) is 0 Å². The lowest BCUT2D eigenvalue weighted by atomic mass is 9.95. The summed E-state index contributed by atoms with van der Waals surface area (Å²) in [5.74, 6) is -0.0716. The smallest absolute Gasteiger partial charge is 0.240 e. The highest BCUT2D eigenvalue weighted by Gasteiger charge is 2.29. The predicted molar refractivity (Wildman–Crippen MR) is 67.0 cm³/mol. The zero-order valence-electron chi connectivity index (χ0n) is 9.85. The number of rotatable bonds is 3. The summed E-state index contributed by atoms with van der Waals surface area (Å²) in [7, 11) is 0. The van der Waals surface area contributed by atoms with Crippen molar-refractivity contribution in [3.8, 4) is 0 Å². The molecule has 1 fully saturated rings. The van der Waals surface area contributed by atoms with Crippen LogP contribution >= 0.6 is 11.3 Å². The average Bonchev–Trinajstić information content (AvgIpc) is 2.68. The Labute approximate surface area is 104 Å². The molecular formula is C11H17N3O2S. The molecule has 1 saturated heterocycles. The van der Waals surface area contributed by atoms with Crippen LogP contribution in [0.1, 0.15) is 19.8 Å². The molecule has 0 bridgehead atoms. The zero-order chi connectivity index (χ0) is 12.3. The largest absolute Gasteiger partial charge is 0.389 e. The molecule has 2 rings (SSSR count). The Balaban J connectivity index is 1.82. The highest BCUT2D eigenvalue weighted by molar-refractivity contribution is 7.13. The fourth-order valence-corrected chi connectivity index (χ4v) is 2.65. The Morgan fingerprint density at radius 2 is 2.59 bits per heavy atom. The Morgan fingerprint density at radius 3 is 3.24 bits per heavy atom. The fourth-order valence-electron chi connectivity index (χ4n) is 2.11. The van der Waals surface area contributed by atoms with Crippen molar-refractivity contribution in [2.45, 2.75) is 25.4 Å². The van der Waals surface area contributed by atoms with Crippen LogP contribution in [-0.2, 0) is 4.79 Å². The van der Waals surface area contributed by atoms with Gasteiger partial charge in [0, 0.05) is 18.1 Å². The standard InChI is InChI=1S/C11H17N3O2S/c1-11(16)3-2-5-14(8-11)7-9(15)13-10-12-4-6-17-10/h4,6,16H,2-3,5,7-8H2,1H3,(H,12,13,15). The van der Waals surface area contributed by atoms with Gasteiger partial charge < -0.3 is 10.4 Å². The third-order valence-corrected chi connectivity index (χ3v) is 3.49. The second-order valence-electron chi connectivity index (χ2n) is 4.70. The maximum Gasteiger partial charge on any atom is 0.240 e. The van der Waals surface area contributed by atoms with Crippen molar-refractivity contribution in [3.63, 3.8) is 0 Å². The molecule has 94 valence electrons. The van der Waals surface area contributed by atoms with Crippen LogP contribution in [0.4, 0.5) is 5.13 Å². The molecule has 0 radical (unpaired) electrons. The van der Waals surface area contributed by atoms with E-state index in [2.05, 4.69) is 10.3 Å². The number of likely N-dealkylation sites (tertiary alicyclic amines) is 1. The number of carbonyl (C=O) groups is 1. The number of β-amino-alcohol motifs (C(OH)–C–C–N with tert-alkyl or cyclic N) is 1. The van der Waals surface area contributed by atoms with Crippen LogP contribution in [0.2, 0.25) is 0 Å². The first kappa shape index (κ1) is 12.5. The number of carbonyl (C=O) groups excluding carboxylic acids is 1. The first-order valence-electron chi connectivity index (χ1n) is 5.69. The number of nitrogens with zero attached hydrogens (tertiary/aromatic N) is 2. The van der Waals surface area contributed by atoms with E-state index in [-0.39, 0.29) is 5.91 Å². The van der Waals surface area contributed by atoms with E-state index < -0.39 is 5.60 Å². The summed E-state index contributed by atoms with van der Waals surface area (Å²) in [6, 6.07) is 0. The van der Waals surface area contributed by atoms with E-state index in [1.165, 1.54) is 11.3 Å². The number of amides is 1. The highest BCUT2D eigenvalue weighted by Crippen LogP contribution is 2.20.